The van der Waals surface area contributed by atoms with Crippen molar-refractivity contribution < 1.29 is 27.1 Å². The molecule has 0 aliphatic carbocycles. The Morgan fingerprint density at radius 3 is 2.58 bits per heavy atom. The van der Waals surface area contributed by atoms with Crippen LogP contribution in [0, 0.1) is 11.7 Å². The molecule has 1 N–H and O–H groups in total. The summed E-state index contributed by atoms with van der Waals surface area (Å²) in [5, 5.41) is 5.18. The highest BCUT2D eigenvalue weighted by molar-refractivity contribution is 7.89. The zero-order valence-electron chi connectivity index (χ0n) is 17.4. The summed E-state index contributed by atoms with van der Waals surface area (Å²) in [6.07, 6.45) is 0.791. The smallest absolute Gasteiger partial charge is 0.243 e. The molecular weight excluding hydrogens is 469 g/mol. The Kier molecular flexibility index (Phi) is 5.77. The lowest BCUT2D eigenvalue weighted by molar-refractivity contribution is -0.120. The standard InChI is InChI=1S/C22H20FN3O5S2/c23-16-2-4-17(5-3-16)33(28,29)26-9-7-14(8-10-26)21(27)25-22-24-18(12-32-22)15-1-6-19-20(11-15)31-13-30-19/h1-6,11-12,14H,7-10,13H2,(H,24,25,27). The molecule has 0 unspecified atom stereocenters. The molecule has 3 aromatic rings. The number of nitrogens with one attached hydrogen (secondary N) is 1. The van der Waals surface area contributed by atoms with Gasteiger partial charge in [-0.15, -0.1) is 11.3 Å². The Bertz CT molecular complexity index is 1290. The van der Waals surface area contributed by atoms with Crippen molar-refractivity contribution in [3.63, 3.8) is 0 Å². The Hall–Kier alpha value is -3.02. The predicted molar refractivity (Wildman–Crippen MR) is 120 cm³/mol. The van der Waals surface area contributed by atoms with E-state index in [0.717, 1.165) is 17.7 Å². The zero-order chi connectivity index (χ0) is 23.0. The number of halogens is 1. The molecule has 3 heterocycles. The Balaban J connectivity index is 1.19. The fourth-order valence-electron chi connectivity index (χ4n) is 3.84. The normalized spacial score (nSPS) is 16.6. The van der Waals surface area contributed by atoms with Crippen molar-refractivity contribution >= 4 is 32.4 Å². The molecule has 0 radical (unpaired) electrons. The molecule has 1 aromatic heterocycles. The summed E-state index contributed by atoms with van der Waals surface area (Å²) in [5.74, 6) is 0.361. The number of amides is 1. The van der Waals surface area contributed by atoms with E-state index in [4.69, 9.17) is 9.47 Å². The molecule has 1 fully saturated rings. The van der Waals surface area contributed by atoms with Crippen molar-refractivity contribution in [2.45, 2.75) is 17.7 Å². The van der Waals surface area contributed by atoms with Crippen LogP contribution in [0.4, 0.5) is 9.52 Å². The number of hydrogen-bond acceptors (Lipinski definition) is 7. The first-order chi connectivity index (χ1) is 15.9. The maximum atomic E-state index is 13.1. The van der Waals surface area contributed by atoms with E-state index in [1.807, 2.05) is 23.6 Å². The number of sulfonamides is 1. The van der Waals surface area contributed by atoms with E-state index in [9.17, 15) is 17.6 Å². The number of aromatic nitrogens is 1. The van der Waals surface area contributed by atoms with E-state index >= 15 is 0 Å². The van der Waals surface area contributed by atoms with E-state index in [0.29, 0.717) is 35.2 Å². The minimum absolute atomic E-state index is 0.0469. The highest BCUT2D eigenvalue weighted by Crippen LogP contribution is 2.36. The van der Waals surface area contributed by atoms with Crippen molar-refractivity contribution in [2.75, 3.05) is 25.2 Å². The van der Waals surface area contributed by atoms with E-state index in [-0.39, 0.29) is 36.6 Å². The number of ether oxygens (including phenoxy) is 2. The van der Waals surface area contributed by atoms with Gasteiger partial charge in [0.1, 0.15) is 5.82 Å². The lowest BCUT2D eigenvalue weighted by atomic mass is 9.97. The molecule has 0 saturated carbocycles. The highest BCUT2D eigenvalue weighted by atomic mass is 32.2. The summed E-state index contributed by atoms with van der Waals surface area (Å²) in [6.45, 7) is 0.636. The molecule has 1 saturated heterocycles. The Labute approximate surface area is 194 Å². The van der Waals surface area contributed by atoms with Gasteiger partial charge in [-0.2, -0.15) is 4.31 Å². The van der Waals surface area contributed by atoms with Crippen LogP contribution in [0.5, 0.6) is 11.5 Å². The van der Waals surface area contributed by atoms with E-state index < -0.39 is 15.8 Å². The number of carbonyl (C=O) groups is 1. The van der Waals surface area contributed by atoms with Gasteiger partial charge in [-0.1, -0.05) is 0 Å². The van der Waals surface area contributed by atoms with E-state index in [1.165, 1.54) is 27.8 Å². The molecule has 172 valence electrons. The number of anilines is 1. The molecule has 0 spiro atoms. The quantitative estimate of drug-likeness (QED) is 0.587. The van der Waals surface area contributed by atoms with Crippen LogP contribution in [0.1, 0.15) is 12.8 Å². The summed E-state index contributed by atoms with van der Waals surface area (Å²) >= 11 is 1.32. The number of piperidine rings is 1. The summed E-state index contributed by atoms with van der Waals surface area (Å²) in [7, 11) is -3.71. The summed E-state index contributed by atoms with van der Waals surface area (Å²) in [6, 6.07) is 10.3. The van der Waals surface area contributed by atoms with Crippen molar-refractivity contribution in [2.24, 2.45) is 5.92 Å². The molecule has 5 rings (SSSR count). The fourth-order valence-corrected chi connectivity index (χ4v) is 6.03. The van der Waals surface area contributed by atoms with Gasteiger partial charge in [0.25, 0.3) is 0 Å². The fraction of sp³-hybridized carbons (Fsp3) is 0.273. The van der Waals surface area contributed by atoms with Gasteiger partial charge in [0.05, 0.1) is 10.6 Å². The first-order valence-electron chi connectivity index (χ1n) is 10.3. The van der Waals surface area contributed by atoms with Crippen molar-refractivity contribution in [3.05, 3.63) is 53.7 Å². The van der Waals surface area contributed by atoms with E-state index in [1.54, 1.807) is 0 Å². The lowest BCUT2D eigenvalue weighted by Gasteiger charge is -2.30. The highest BCUT2D eigenvalue weighted by Gasteiger charge is 2.32. The molecule has 2 aromatic carbocycles. The molecule has 0 atom stereocenters. The maximum Gasteiger partial charge on any atom is 0.243 e. The summed E-state index contributed by atoms with van der Waals surface area (Å²) in [4.78, 5) is 17.3. The first-order valence-corrected chi connectivity index (χ1v) is 12.6. The molecule has 0 bridgehead atoms. The molecule has 33 heavy (non-hydrogen) atoms. The number of benzene rings is 2. The average molecular weight is 490 g/mol. The number of hydrogen-bond donors (Lipinski definition) is 1. The van der Waals surface area contributed by atoms with Crippen molar-refractivity contribution in [1.82, 2.24) is 9.29 Å². The topological polar surface area (TPSA) is 97.8 Å². The van der Waals surface area contributed by atoms with Gasteiger partial charge in [0, 0.05) is 30.0 Å². The number of carbonyl (C=O) groups excluding carboxylic acids is 1. The monoisotopic (exact) mass is 489 g/mol. The molecule has 1 amide bonds. The predicted octanol–water partition coefficient (Wildman–Crippen LogP) is 3.72. The van der Waals surface area contributed by atoms with Crippen molar-refractivity contribution in [3.8, 4) is 22.8 Å². The average Bonchev–Trinajstić information content (AvgIpc) is 3.48. The van der Waals surface area contributed by atoms with Crippen LogP contribution in [-0.2, 0) is 14.8 Å². The molecule has 2 aliphatic rings. The van der Waals surface area contributed by atoms with E-state index in [2.05, 4.69) is 10.3 Å². The largest absolute Gasteiger partial charge is 0.454 e. The van der Waals surface area contributed by atoms with Gasteiger partial charge in [0.15, 0.2) is 16.6 Å². The Morgan fingerprint density at radius 2 is 1.82 bits per heavy atom. The summed E-state index contributed by atoms with van der Waals surface area (Å²) < 4.78 is 50.7. The molecule has 11 heteroatoms. The number of nitrogens with zero attached hydrogens (tertiary/aromatic N) is 2. The van der Waals surface area contributed by atoms with Crippen LogP contribution in [0.25, 0.3) is 11.3 Å². The summed E-state index contributed by atoms with van der Waals surface area (Å²) in [5.41, 5.74) is 1.57. The number of thiazole rings is 1. The van der Waals surface area contributed by atoms with Gasteiger partial charge < -0.3 is 14.8 Å². The minimum Gasteiger partial charge on any atom is -0.454 e. The third-order valence-electron chi connectivity index (χ3n) is 5.68. The lowest BCUT2D eigenvalue weighted by Crippen LogP contribution is -2.41. The van der Waals surface area contributed by atoms with Gasteiger partial charge in [-0.05, 0) is 55.3 Å². The van der Waals surface area contributed by atoms with Gasteiger partial charge in [0.2, 0.25) is 22.7 Å². The van der Waals surface area contributed by atoms with Crippen molar-refractivity contribution in [1.29, 1.82) is 0 Å². The number of rotatable bonds is 5. The van der Waals surface area contributed by atoms with Crippen LogP contribution in [0.15, 0.2) is 52.7 Å². The second-order valence-corrected chi connectivity index (χ2v) is 10.5. The minimum atomic E-state index is -3.71. The molecule has 8 nitrogen and oxygen atoms in total. The maximum absolute atomic E-state index is 13.1. The zero-order valence-corrected chi connectivity index (χ0v) is 19.0. The van der Waals surface area contributed by atoms with Crippen LogP contribution in [-0.4, -0.2) is 43.5 Å². The van der Waals surface area contributed by atoms with Gasteiger partial charge in [-0.3, -0.25) is 4.79 Å². The van der Waals surface area contributed by atoms with Crippen LogP contribution >= 0.6 is 11.3 Å². The second-order valence-electron chi connectivity index (χ2n) is 7.73. The second kappa shape index (κ2) is 8.73. The molecular formula is C22H20FN3O5S2. The van der Waals surface area contributed by atoms with Gasteiger partial charge >= 0.3 is 0 Å². The van der Waals surface area contributed by atoms with Gasteiger partial charge in [-0.25, -0.2) is 17.8 Å². The number of fused-ring (bicyclic) bond motifs is 1. The SMILES string of the molecule is O=C(Nc1nc(-c2ccc3c(c2)OCO3)cs1)C1CCN(S(=O)(=O)c2ccc(F)cc2)CC1. The third kappa shape index (κ3) is 4.43. The van der Waals surface area contributed by atoms with Crippen LogP contribution < -0.4 is 14.8 Å². The third-order valence-corrected chi connectivity index (χ3v) is 8.35. The van der Waals surface area contributed by atoms with Crippen LogP contribution in [0.2, 0.25) is 0 Å². The van der Waals surface area contributed by atoms with Crippen LogP contribution in [0.3, 0.4) is 0 Å². The molecule has 2 aliphatic heterocycles. The Morgan fingerprint density at radius 1 is 1.09 bits per heavy atom. The first kappa shape index (κ1) is 21.8.